The second kappa shape index (κ2) is 60.9. The van der Waals surface area contributed by atoms with Crippen molar-refractivity contribution in [2.45, 2.75) is 366 Å². The number of allylic oxidation sites excluding steroid dienone is 3. The van der Waals surface area contributed by atoms with E-state index in [0.29, 0.717) is 19.4 Å². The smallest absolute Gasteiger partial charge is 0.305 e. The minimum Gasteiger partial charge on any atom is -0.466 e. The quantitative estimate of drug-likeness (QED) is 0.0320. The molecule has 0 rings (SSSR count). The molecule has 420 valence electrons. The van der Waals surface area contributed by atoms with Crippen molar-refractivity contribution in [1.82, 2.24) is 5.32 Å². The lowest BCUT2D eigenvalue weighted by atomic mass is 10.0. The fourth-order valence-electron chi connectivity index (χ4n) is 10.0. The lowest BCUT2D eigenvalue weighted by molar-refractivity contribution is -0.143. The number of esters is 1. The molecule has 6 nitrogen and oxygen atoms in total. The molecule has 0 radical (unpaired) electrons. The van der Waals surface area contributed by atoms with Crippen molar-refractivity contribution in [1.29, 1.82) is 0 Å². The molecule has 0 bridgehead atoms. The average Bonchev–Trinajstić information content (AvgIpc) is 3.37. The Morgan fingerprint density at radius 2 is 0.662 bits per heavy atom. The van der Waals surface area contributed by atoms with Crippen LogP contribution in [0.3, 0.4) is 0 Å². The van der Waals surface area contributed by atoms with Gasteiger partial charge in [-0.15, -0.1) is 0 Å². The van der Waals surface area contributed by atoms with Gasteiger partial charge in [-0.1, -0.05) is 308 Å². The molecule has 0 saturated heterocycles. The number of hydrogen-bond donors (Lipinski definition) is 3. The maximum absolute atomic E-state index is 12.5. The van der Waals surface area contributed by atoms with E-state index in [1.807, 2.05) is 6.08 Å². The Kier molecular flexibility index (Phi) is 59.5. The summed E-state index contributed by atoms with van der Waals surface area (Å²) >= 11 is 0. The van der Waals surface area contributed by atoms with Gasteiger partial charge in [0.05, 0.1) is 25.4 Å². The van der Waals surface area contributed by atoms with E-state index in [2.05, 4.69) is 31.3 Å². The first kappa shape index (κ1) is 69.3. The van der Waals surface area contributed by atoms with Crippen molar-refractivity contribution >= 4 is 11.9 Å². The molecule has 0 aromatic rings. The van der Waals surface area contributed by atoms with Crippen LogP contribution in [0.1, 0.15) is 354 Å². The van der Waals surface area contributed by atoms with Crippen LogP contribution in [0.2, 0.25) is 0 Å². The topological polar surface area (TPSA) is 95.9 Å². The van der Waals surface area contributed by atoms with Crippen LogP contribution >= 0.6 is 0 Å². The van der Waals surface area contributed by atoms with Crippen LogP contribution in [0.25, 0.3) is 0 Å². The van der Waals surface area contributed by atoms with Crippen LogP contribution in [0.15, 0.2) is 24.3 Å². The highest BCUT2D eigenvalue weighted by atomic mass is 16.5. The van der Waals surface area contributed by atoms with E-state index in [4.69, 9.17) is 4.74 Å². The van der Waals surface area contributed by atoms with Crippen molar-refractivity contribution in [2.75, 3.05) is 13.2 Å². The summed E-state index contributed by atoms with van der Waals surface area (Å²) in [6.07, 6.45) is 75.0. The highest BCUT2D eigenvalue weighted by molar-refractivity contribution is 5.76. The van der Waals surface area contributed by atoms with E-state index in [0.717, 1.165) is 44.9 Å². The van der Waals surface area contributed by atoms with Gasteiger partial charge in [0.25, 0.3) is 0 Å². The molecule has 0 aromatic heterocycles. The van der Waals surface area contributed by atoms with Gasteiger partial charge in [-0.05, 0) is 57.8 Å². The fraction of sp³-hybridized carbons (Fsp3) is 0.908. The molecule has 1 amide bonds. The molecular weight excluding hydrogens is 875 g/mol. The molecule has 6 heteroatoms. The number of unbranched alkanes of at least 4 members (excludes halogenated alkanes) is 47. The van der Waals surface area contributed by atoms with Crippen LogP contribution in [0, 0.1) is 0 Å². The number of carbonyl (C=O) groups is 2. The highest BCUT2D eigenvalue weighted by Gasteiger charge is 2.18. The molecule has 0 saturated carbocycles. The molecule has 0 aliphatic rings. The Morgan fingerprint density at radius 3 is 1.00 bits per heavy atom. The van der Waals surface area contributed by atoms with E-state index < -0.39 is 12.1 Å². The minimum atomic E-state index is -0.847. The molecule has 2 unspecified atom stereocenters. The zero-order chi connectivity index (χ0) is 51.4. The van der Waals surface area contributed by atoms with Crippen molar-refractivity contribution in [2.24, 2.45) is 0 Å². The average molecular weight is 1000 g/mol. The highest BCUT2D eigenvalue weighted by Crippen LogP contribution is 2.18. The Morgan fingerprint density at radius 1 is 0.380 bits per heavy atom. The van der Waals surface area contributed by atoms with Crippen LogP contribution in [-0.2, 0) is 14.3 Å². The molecular formula is C65H125NO5. The van der Waals surface area contributed by atoms with Gasteiger partial charge in [0.15, 0.2) is 0 Å². The number of rotatable bonds is 60. The Bertz CT molecular complexity index is 1110. The second-order valence-corrected chi connectivity index (χ2v) is 22.1. The summed E-state index contributed by atoms with van der Waals surface area (Å²) in [4.78, 5) is 24.6. The Balaban J connectivity index is 3.43. The summed E-state index contributed by atoms with van der Waals surface area (Å²) in [7, 11) is 0. The Labute approximate surface area is 443 Å². The first-order valence-electron chi connectivity index (χ1n) is 32.1. The van der Waals surface area contributed by atoms with Gasteiger partial charge in [-0.3, -0.25) is 9.59 Å². The van der Waals surface area contributed by atoms with Crippen LogP contribution in [0.4, 0.5) is 0 Å². The summed E-state index contributed by atoms with van der Waals surface area (Å²) in [6.45, 7) is 4.91. The summed E-state index contributed by atoms with van der Waals surface area (Å²) in [5.74, 6) is -0.0672. The van der Waals surface area contributed by atoms with Gasteiger partial charge in [0, 0.05) is 12.8 Å². The van der Waals surface area contributed by atoms with Crippen molar-refractivity contribution < 1.29 is 24.5 Å². The predicted octanol–water partition coefficient (Wildman–Crippen LogP) is 20.2. The molecule has 0 aliphatic carbocycles. The molecule has 2 atom stereocenters. The van der Waals surface area contributed by atoms with E-state index in [9.17, 15) is 19.8 Å². The molecule has 0 spiro atoms. The molecule has 0 heterocycles. The normalized spacial score (nSPS) is 12.7. The molecule has 0 fully saturated rings. The standard InChI is InChI=1S/C65H125NO5/c1-3-5-7-9-11-13-15-17-19-20-21-22-24-27-30-33-37-41-45-49-53-57-63(68)62(61-67)66-64(69)58-54-50-46-42-38-34-31-28-25-23-26-29-32-36-40-44-48-52-56-60-71-65(70)59-55-51-47-43-39-35-18-16-14-12-10-8-6-4-2/h16,18,53,57,62-63,67-68H,3-15,17,19-52,54-56,58-61H2,1-2H3,(H,66,69)/b18-16-,57-53+. The van der Waals surface area contributed by atoms with Gasteiger partial charge < -0.3 is 20.3 Å². The van der Waals surface area contributed by atoms with E-state index in [-0.39, 0.29) is 18.5 Å². The summed E-state index contributed by atoms with van der Waals surface area (Å²) < 4.78 is 5.48. The summed E-state index contributed by atoms with van der Waals surface area (Å²) in [5.41, 5.74) is 0. The largest absolute Gasteiger partial charge is 0.466 e. The number of ether oxygens (including phenoxy) is 1. The third kappa shape index (κ3) is 57.5. The molecule has 0 aromatic carbocycles. The van der Waals surface area contributed by atoms with Gasteiger partial charge >= 0.3 is 5.97 Å². The van der Waals surface area contributed by atoms with Crippen LogP contribution in [0.5, 0.6) is 0 Å². The van der Waals surface area contributed by atoms with E-state index in [1.165, 1.54) is 283 Å². The lowest BCUT2D eigenvalue weighted by Gasteiger charge is -2.20. The van der Waals surface area contributed by atoms with Gasteiger partial charge in [-0.25, -0.2) is 0 Å². The maximum Gasteiger partial charge on any atom is 0.305 e. The van der Waals surface area contributed by atoms with Gasteiger partial charge in [0.1, 0.15) is 0 Å². The van der Waals surface area contributed by atoms with Crippen molar-refractivity contribution in [3.8, 4) is 0 Å². The summed E-state index contributed by atoms with van der Waals surface area (Å²) in [5, 5.41) is 23.2. The zero-order valence-corrected chi connectivity index (χ0v) is 48.0. The third-order valence-electron chi connectivity index (χ3n) is 15.0. The van der Waals surface area contributed by atoms with E-state index >= 15 is 0 Å². The first-order chi connectivity index (χ1) is 35.0. The van der Waals surface area contributed by atoms with E-state index in [1.54, 1.807) is 6.08 Å². The number of hydrogen-bond acceptors (Lipinski definition) is 5. The van der Waals surface area contributed by atoms with Gasteiger partial charge in [0.2, 0.25) is 5.91 Å². The lowest BCUT2D eigenvalue weighted by Crippen LogP contribution is -2.45. The predicted molar refractivity (Wildman–Crippen MR) is 310 cm³/mol. The molecule has 0 aliphatic heterocycles. The van der Waals surface area contributed by atoms with Crippen molar-refractivity contribution in [3.05, 3.63) is 24.3 Å². The number of amides is 1. The fourth-order valence-corrected chi connectivity index (χ4v) is 10.0. The number of aliphatic hydroxyl groups excluding tert-OH is 2. The first-order valence-corrected chi connectivity index (χ1v) is 32.1. The third-order valence-corrected chi connectivity index (χ3v) is 15.0. The second-order valence-electron chi connectivity index (χ2n) is 22.1. The summed E-state index contributed by atoms with van der Waals surface area (Å²) in [6, 6.07) is -0.631. The van der Waals surface area contributed by atoms with Crippen LogP contribution in [-0.4, -0.2) is 47.4 Å². The minimum absolute atomic E-state index is 0.000381. The monoisotopic (exact) mass is 1000 g/mol. The number of nitrogens with one attached hydrogen (secondary N) is 1. The van der Waals surface area contributed by atoms with Crippen molar-refractivity contribution in [3.63, 3.8) is 0 Å². The molecule has 71 heavy (non-hydrogen) atoms. The van der Waals surface area contributed by atoms with Crippen LogP contribution < -0.4 is 5.32 Å². The SMILES string of the molecule is CCCCCCC/C=C\CCCCCCCC(=O)OCCCCCCCCCCCCCCCCCCCCCC(=O)NC(CO)C(O)/C=C/CCCCCCCCCCCCCCCCCCCCC. The molecule has 3 N–H and O–H groups in total. The number of aliphatic hydroxyl groups is 2. The zero-order valence-electron chi connectivity index (χ0n) is 48.0. The Hall–Kier alpha value is -1.66. The van der Waals surface area contributed by atoms with Gasteiger partial charge in [-0.2, -0.15) is 0 Å². The maximum atomic E-state index is 12.5. The number of carbonyl (C=O) groups excluding carboxylic acids is 2.